The molecule has 0 radical (unpaired) electrons. The van der Waals surface area contributed by atoms with Crippen LogP contribution in [0.1, 0.15) is 31.2 Å². The Balaban J connectivity index is 1.51. The normalized spacial score (nSPS) is 19.0. The van der Waals surface area contributed by atoms with Crippen molar-refractivity contribution >= 4 is 11.7 Å². The van der Waals surface area contributed by atoms with Gasteiger partial charge in [0.2, 0.25) is 0 Å². The number of hydrogen-bond donors (Lipinski definition) is 1. The number of carbonyl (C=O) groups excluding carboxylic acids is 1. The van der Waals surface area contributed by atoms with E-state index in [4.69, 9.17) is 5.26 Å². The van der Waals surface area contributed by atoms with Crippen molar-refractivity contribution < 1.29 is 4.79 Å². The van der Waals surface area contributed by atoms with Crippen LogP contribution in [0, 0.1) is 11.3 Å². The fourth-order valence-electron chi connectivity index (χ4n) is 3.25. The largest absolute Gasteiger partial charge is 0.368 e. The Morgan fingerprint density at radius 2 is 1.73 bits per heavy atom. The number of hydrogen-bond acceptors (Lipinski definition) is 3. The Morgan fingerprint density at radius 3 is 2.32 bits per heavy atom. The summed E-state index contributed by atoms with van der Waals surface area (Å²) >= 11 is 0. The third-order valence-corrected chi connectivity index (χ3v) is 4.61. The van der Waals surface area contributed by atoms with Gasteiger partial charge in [0.15, 0.2) is 0 Å². The predicted molar refractivity (Wildman–Crippen MR) is 85.7 cm³/mol. The van der Waals surface area contributed by atoms with E-state index >= 15 is 0 Å². The second-order valence-electron chi connectivity index (χ2n) is 6.06. The SMILES string of the molecule is N#Cc1ccc(N2CCN(C(=O)NC3CCCC3)CC2)cc1. The van der Waals surface area contributed by atoms with Crippen LogP contribution in [0.4, 0.5) is 10.5 Å². The first-order valence-corrected chi connectivity index (χ1v) is 8.07. The average molecular weight is 298 g/mol. The zero-order valence-corrected chi connectivity index (χ0v) is 12.8. The lowest BCUT2D eigenvalue weighted by Gasteiger charge is -2.36. The summed E-state index contributed by atoms with van der Waals surface area (Å²) in [7, 11) is 0. The average Bonchev–Trinajstić information content (AvgIpc) is 3.08. The molecule has 5 heteroatoms. The molecule has 22 heavy (non-hydrogen) atoms. The molecule has 0 bridgehead atoms. The lowest BCUT2D eigenvalue weighted by atomic mass is 10.2. The van der Waals surface area contributed by atoms with Gasteiger partial charge in [-0.2, -0.15) is 5.26 Å². The number of nitrogens with one attached hydrogen (secondary N) is 1. The lowest BCUT2D eigenvalue weighted by molar-refractivity contribution is 0.190. The molecular weight excluding hydrogens is 276 g/mol. The second kappa shape index (κ2) is 6.69. The molecule has 1 aliphatic heterocycles. The number of anilines is 1. The Kier molecular flexibility index (Phi) is 4.47. The van der Waals surface area contributed by atoms with Crippen molar-refractivity contribution in [2.45, 2.75) is 31.7 Å². The molecule has 0 aromatic heterocycles. The Hall–Kier alpha value is -2.22. The highest BCUT2D eigenvalue weighted by molar-refractivity contribution is 5.75. The van der Waals surface area contributed by atoms with Crippen molar-refractivity contribution in [3.63, 3.8) is 0 Å². The number of amides is 2. The number of urea groups is 1. The molecule has 5 nitrogen and oxygen atoms in total. The molecule has 0 atom stereocenters. The second-order valence-corrected chi connectivity index (χ2v) is 6.06. The van der Waals surface area contributed by atoms with Crippen LogP contribution in [0.2, 0.25) is 0 Å². The highest BCUT2D eigenvalue weighted by atomic mass is 16.2. The molecular formula is C17H22N4O. The molecule has 1 heterocycles. The van der Waals surface area contributed by atoms with Gasteiger partial charge < -0.3 is 15.1 Å². The van der Waals surface area contributed by atoms with Crippen molar-refractivity contribution in [3.05, 3.63) is 29.8 Å². The Bertz CT molecular complexity index is 549. The van der Waals surface area contributed by atoms with Gasteiger partial charge in [-0.15, -0.1) is 0 Å². The Morgan fingerprint density at radius 1 is 1.09 bits per heavy atom. The Labute approximate surface area is 131 Å². The van der Waals surface area contributed by atoms with E-state index in [1.165, 1.54) is 12.8 Å². The van der Waals surface area contributed by atoms with Crippen LogP contribution in [0.15, 0.2) is 24.3 Å². The van der Waals surface area contributed by atoms with Gasteiger partial charge in [-0.1, -0.05) is 12.8 Å². The van der Waals surface area contributed by atoms with E-state index in [-0.39, 0.29) is 6.03 Å². The monoisotopic (exact) mass is 298 g/mol. The molecule has 3 rings (SSSR count). The van der Waals surface area contributed by atoms with Crippen LogP contribution in [-0.2, 0) is 0 Å². The summed E-state index contributed by atoms with van der Waals surface area (Å²) in [6, 6.07) is 10.2. The number of nitrogens with zero attached hydrogens (tertiary/aromatic N) is 3. The minimum absolute atomic E-state index is 0.0892. The predicted octanol–water partition coefficient (Wildman–Crippen LogP) is 2.33. The third kappa shape index (κ3) is 3.33. The number of nitriles is 1. The lowest BCUT2D eigenvalue weighted by Crippen LogP contribution is -2.53. The minimum atomic E-state index is 0.0892. The highest BCUT2D eigenvalue weighted by Crippen LogP contribution is 2.19. The van der Waals surface area contributed by atoms with Crippen LogP contribution in [-0.4, -0.2) is 43.2 Å². The first-order valence-electron chi connectivity index (χ1n) is 8.07. The topological polar surface area (TPSA) is 59.4 Å². The zero-order valence-electron chi connectivity index (χ0n) is 12.8. The smallest absolute Gasteiger partial charge is 0.317 e. The molecule has 1 saturated heterocycles. The van der Waals surface area contributed by atoms with Crippen molar-refractivity contribution in [3.8, 4) is 6.07 Å². The highest BCUT2D eigenvalue weighted by Gasteiger charge is 2.24. The minimum Gasteiger partial charge on any atom is -0.368 e. The number of rotatable bonds is 2. The molecule has 1 aromatic rings. The third-order valence-electron chi connectivity index (χ3n) is 4.61. The number of benzene rings is 1. The first-order chi connectivity index (χ1) is 10.8. The van der Waals surface area contributed by atoms with Gasteiger partial charge >= 0.3 is 6.03 Å². The molecule has 0 spiro atoms. The van der Waals surface area contributed by atoms with Crippen molar-refractivity contribution in [2.75, 3.05) is 31.1 Å². The van der Waals surface area contributed by atoms with E-state index in [1.807, 2.05) is 29.2 Å². The maximum Gasteiger partial charge on any atom is 0.317 e. The summed E-state index contributed by atoms with van der Waals surface area (Å²) < 4.78 is 0. The summed E-state index contributed by atoms with van der Waals surface area (Å²) in [5, 5.41) is 12.0. The van der Waals surface area contributed by atoms with E-state index in [0.717, 1.165) is 44.7 Å². The molecule has 1 N–H and O–H groups in total. The maximum absolute atomic E-state index is 12.2. The van der Waals surface area contributed by atoms with E-state index in [9.17, 15) is 4.79 Å². The first kappa shape index (κ1) is 14.7. The van der Waals surface area contributed by atoms with E-state index in [2.05, 4.69) is 16.3 Å². The molecule has 2 amide bonds. The van der Waals surface area contributed by atoms with Crippen LogP contribution >= 0.6 is 0 Å². The molecule has 2 fully saturated rings. The number of carbonyl (C=O) groups is 1. The fourth-order valence-corrected chi connectivity index (χ4v) is 3.25. The summed E-state index contributed by atoms with van der Waals surface area (Å²) in [5.74, 6) is 0. The van der Waals surface area contributed by atoms with Gasteiger partial charge in [-0.05, 0) is 37.1 Å². The quantitative estimate of drug-likeness (QED) is 0.911. The van der Waals surface area contributed by atoms with E-state index in [0.29, 0.717) is 11.6 Å². The van der Waals surface area contributed by atoms with Gasteiger partial charge in [0, 0.05) is 37.9 Å². The standard InChI is InChI=1S/C17H22N4O/c18-13-14-5-7-16(8-6-14)20-9-11-21(12-10-20)17(22)19-15-3-1-2-4-15/h5-8,15H,1-4,9-12H2,(H,19,22). The van der Waals surface area contributed by atoms with Gasteiger partial charge in [0.05, 0.1) is 11.6 Å². The van der Waals surface area contributed by atoms with Crippen LogP contribution in [0.3, 0.4) is 0 Å². The molecule has 1 saturated carbocycles. The molecule has 1 aliphatic carbocycles. The van der Waals surface area contributed by atoms with Crippen molar-refractivity contribution in [1.29, 1.82) is 5.26 Å². The molecule has 2 aliphatic rings. The summed E-state index contributed by atoms with van der Waals surface area (Å²) in [6.45, 7) is 3.17. The van der Waals surface area contributed by atoms with Gasteiger partial charge in [0.25, 0.3) is 0 Å². The summed E-state index contributed by atoms with van der Waals surface area (Å²) in [5.41, 5.74) is 1.80. The molecule has 0 unspecified atom stereocenters. The van der Waals surface area contributed by atoms with Gasteiger partial charge in [-0.25, -0.2) is 4.79 Å². The van der Waals surface area contributed by atoms with E-state index in [1.54, 1.807) is 0 Å². The van der Waals surface area contributed by atoms with Crippen LogP contribution in [0.5, 0.6) is 0 Å². The summed E-state index contributed by atoms with van der Waals surface area (Å²) in [4.78, 5) is 16.4. The van der Waals surface area contributed by atoms with Crippen molar-refractivity contribution in [2.24, 2.45) is 0 Å². The fraction of sp³-hybridized carbons (Fsp3) is 0.529. The zero-order chi connectivity index (χ0) is 15.4. The van der Waals surface area contributed by atoms with E-state index < -0.39 is 0 Å². The number of piperazine rings is 1. The molecule has 116 valence electrons. The molecule has 1 aromatic carbocycles. The van der Waals surface area contributed by atoms with Gasteiger partial charge in [0.1, 0.15) is 0 Å². The summed E-state index contributed by atoms with van der Waals surface area (Å²) in [6.07, 6.45) is 4.71. The van der Waals surface area contributed by atoms with Crippen LogP contribution < -0.4 is 10.2 Å². The van der Waals surface area contributed by atoms with Gasteiger partial charge in [-0.3, -0.25) is 0 Å². The van der Waals surface area contributed by atoms with Crippen molar-refractivity contribution in [1.82, 2.24) is 10.2 Å². The van der Waals surface area contributed by atoms with Crippen LogP contribution in [0.25, 0.3) is 0 Å². The maximum atomic E-state index is 12.2.